The fourth-order valence-corrected chi connectivity index (χ4v) is 13.4. The molecule has 8 rings (SSSR count). The quantitative estimate of drug-likeness (QED) is 0.0799. The fourth-order valence-electron chi connectivity index (χ4n) is 13.4. The third kappa shape index (κ3) is 24.0. The van der Waals surface area contributed by atoms with Crippen molar-refractivity contribution in [1.82, 2.24) is 10.6 Å². The van der Waals surface area contributed by atoms with Crippen LogP contribution in [0, 0.1) is 66.1 Å². The smallest absolute Gasteiger partial charge is 0.469 e. The molecule has 2 heterocycles. The zero-order chi connectivity index (χ0) is 72.9. The van der Waals surface area contributed by atoms with Crippen LogP contribution in [0.2, 0.25) is 0 Å². The van der Waals surface area contributed by atoms with Crippen molar-refractivity contribution in [2.45, 2.75) is 176 Å². The first kappa shape index (κ1) is 92.4. The summed E-state index contributed by atoms with van der Waals surface area (Å²) >= 11 is 0. The molecule has 2 unspecified atom stereocenters. The fraction of sp³-hybridized carbons (Fsp3) is 0.606. The molecule has 32 heteroatoms. The zero-order valence-electron chi connectivity index (χ0n) is 54.9. The number of halogens is 24. The van der Waals surface area contributed by atoms with Crippen molar-refractivity contribution in [3.63, 3.8) is 0 Å². The number of rotatable bonds is 8. The van der Waals surface area contributed by atoms with Gasteiger partial charge in [0.2, 0.25) is 0 Å². The molecule has 4 aromatic rings. The Morgan fingerprint density at radius 1 is 0.378 bits per heavy atom. The van der Waals surface area contributed by atoms with E-state index in [0.29, 0.717) is 12.8 Å². The third-order valence-corrected chi connectivity index (χ3v) is 20.2. The number of nitrogens with one attached hydrogen (secondary N) is 2. The zero-order valence-corrected chi connectivity index (χ0v) is 58.7. The van der Waals surface area contributed by atoms with Crippen LogP contribution in [0.4, 0.5) is 105 Å². The van der Waals surface area contributed by atoms with Crippen molar-refractivity contribution < 1.29 is 169 Å². The summed E-state index contributed by atoms with van der Waals surface area (Å²) in [7, 11) is 1.37. The minimum atomic E-state index is -6.13. The number of alkyl halides is 24. The second kappa shape index (κ2) is 35.7. The van der Waals surface area contributed by atoms with Crippen LogP contribution >= 0.6 is 0 Å². The molecule has 98 heavy (non-hydrogen) atoms. The van der Waals surface area contributed by atoms with Gasteiger partial charge in [0.1, 0.15) is 6.15 Å². The van der Waals surface area contributed by atoms with Crippen LogP contribution in [-0.4, -0.2) is 44.4 Å². The molecule has 0 bridgehead atoms. The summed E-state index contributed by atoms with van der Waals surface area (Å²) in [6, 6.07) is -7.16. The predicted molar refractivity (Wildman–Crippen MR) is 315 cm³/mol. The number of hydrogen-bond acceptors (Lipinski definition) is 4. The van der Waals surface area contributed by atoms with Gasteiger partial charge in [-0.25, -0.2) is 0 Å². The molecule has 2 saturated heterocycles. The molecule has 2 aliphatic carbocycles. The van der Waals surface area contributed by atoms with Gasteiger partial charge in [-0.2, -0.15) is 134 Å². The van der Waals surface area contributed by atoms with Gasteiger partial charge in [0, 0.05) is 18.5 Å². The van der Waals surface area contributed by atoms with Crippen LogP contribution in [0.3, 0.4) is 0 Å². The van der Waals surface area contributed by atoms with Crippen LogP contribution in [0.15, 0.2) is 72.8 Å². The van der Waals surface area contributed by atoms with E-state index < -0.39 is 195 Å². The Kier molecular flexibility index (Phi) is 33.6. The van der Waals surface area contributed by atoms with E-state index in [1.54, 1.807) is 0 Å². The molecule has 4 aromatic carbocycles. The number of benzene rings is 4. The summed E-state index contributed by atoms with van der Waals surface area (Å²) in [5, 5.41) is 7.09. The van der Waals surface area contributed by atoms with Gasteiger partial charge < -0.3 is 22.3 Å². The van der Waals surface area contributed by atoms with Crippen molar-refractivity contribution in [3.8, 4) is 0 Å². The summed E-state index contributed by atoms with van der Waals surface area (Å²) in [6.45, 7) is 29.9. The molecule has 2 N–H and O–H groups in total. The van der Waals surface area contributed by atoms with E-state index in [0.717, 1.165) is 71.3 Å². The summed E-state index contributed by atoms with van der Waals surface area (Å²) < 4.78 is 345. The van der Waals surface area contributed by atoms with E-state index in [1.807, 2.05) is 0 Å². The summed E-state index contributed by atoms with van der Waals surface area (Å²) in [6.07, 6.45) is -46.8. The predicted octanol–water partition coefficient (Wildman–Crippen LogP) is 19.2. The molecule has 0 amide bonds. The van der Waals surface area contributed by atoms with Crippen molar-refractivity contribution in [2.24, 2.45) is 59.2 Å². The van der Waals surface area contributed by atoms with Gasteiger partial charge in [-0.05, 0) is 129 Å². The number of hydrogen-bond donors (Lipinski definition) is 2. The van der Waals surface area contributed by atoms with Gasteiger partial charge in [-0.15, -0.1) is 0 Å². The molecule has 0 spiro atoms. The number of esters is 1. The minimum absolute atomic E-state index is 0. The van der Waals surface area contributed by atoms with Crippen molar-refractivity contribution in [3.05, 3.63) is 124 Å². The standard InChI is InChI=1S/C32H12BF24.2C10H20.C9H18N2.C5H9O2.2Fe.Pd/c34-25(35,36)13-1-14(26(37,38)39)6-21(5-13)33(22-7-15(27(40,41)42)2-16(8-22)28(43,44)45,23-9-17(29(46,47)48)3-18(10-23)30(49,50)51)24-11-19(31(52,53)54)4-20(12-24)32(55,56)57;2*1-6-7(2)9(4)10(5)8(6)3;1-3-8(10-5-1)7-9-4-2-6-11-9;1-3-4-5(6)7-2;;;/h1-12H;2*6-10H,1-5H3;8-11H,1-7H2;1,3-4H2,2H3;;;/q-1;;;;-1;3*+2. The Bertz CT molecular complexity index is 2580. The largest absolute Gasteiger partial charge is 2.00 e. The van der Waals surface area contributed by atoms with Crippen LogP contribution in [0.25, 0.3) is 0 Å². The second-order valence-corrected chi connectivity index (χ2v) is 25.8. The number of carbonyl (C=O) groups is 1. The first-order valence-corrected chi connectivity index (χ1v) is 30.8. The van der Waals surface area contributed by atoms with Crippen LogP contribution in [0.5, 0.6) is 0 Å². The minimum Gasteiger partial charge on any atom is -0.469 e. The maximum absolute atomic E-state index is 14.2. The van der Waals surface area contributed by atoms with Gasteiger partial charge in [-0.1, -0.05) is 118 Å². The van der Waals surface area contributed by atoms with Crippen LogP contribution in [0.1, 0.15) is 159 Å². The van der Waals surface area contributed by atoms with E-state index in [-0.39, 0.29) is 60.5 Å². The average molecular weight is 1620 g/mol. The normalized spacial score (nSPS) is 24.5. The maximum atomic E-state index is 14.2. The SMILES string of the molecule is C1CNC(CC2CCCN2)C1.CC1C(C)C(C)C(C)C1C.CC1C(C)C(C)C(C)C1C.FC(F)(F)c1cc([B-](c2cc(C(F)(F)F)cc(C(F)(F)F)c2)(c2cc(C(F)(F)F)cc(C(F)(F)F)c2)c2cc(C(F)(F)F)cc(C(F)(F)F)c2)cc(C(F)(F)F)c1.[CH2-]CCC(=O)OC.[Fe+2].[Fe+2].[Pd+2]. The molecule has 2 saturated carbocycles. The van der Waals surface area contributed by atoms with Gasteiger partial charge >= 0.3 is 110 Å². The third-order valence-electron chi connectivity index (χ3n) is 20.2. The Hall–Kier alpha value is -3.64. The maximum Gasteiger partial charge on any atom is 2.00 e. The van der Waals surface area contributed by atoms with Gasteiger partial charge in [-0.3, -0.25) is 4.79 Å². The summed E-state index contributed by atoms with van der Waals surface area (Å²) in [4.78, 5) is 10.1. The van der Waals surface area contributed by atoms with Gasteiger partial charge in [0.15, 0.2) is 0 Å². The van der Waals surface area contributed by atoms with Gasteiger partial charge in [0.25, 0.3) is 0 Å². The molecule has 0 aromatic heterocycles. The van der Waals surface area contributed by atoms with E-state index in [4.69, 9.17) is 0 Å². The average Bonchev–Trinajstić information content (AvgIpc) is 0.954. The van der Waals surface area contributed by atoms with E-state index in [9.17, 15) is 110 Å². The number of carbonyl (C=O) groups excluding carboxylic acids is 1. The molecule has 558 valence electrons. The van der Waals surface area contributed by atoms with Crippen molar-refractivity contribution in [1.29, 1.82) is 0 Å². The summed E-state index contributed by atoms with van der Waals surface area (Å²) in [5.74, 6) is 9.17. The van der Waals surface area contributed by atoms with E-state index in [1.165, 1.54) is 52.3 Å². The van der Waals surface area contributed by atoms with Gasteiger partial charge in [0.05, 0.1) is 51.6 Å². The molecule has 0 radical (unpaired) electrons. The first-order valence-electron chi connectivity index (χ1n) is 30.8. The molecule has 2 aliphatic heterocycles. The Morgan fingerprint density at radius 3 is 0.663 bits per heavy atom. The second-order valence-electron chi connectivity index (χ2n) is 25.8. The monoisotopic (exact) mass is 1620 g/mol. The number of ether oxygens (including phenoxy) is 1. The first-order chi connectivity index (χ1) is 43.1. The molecule has 4 fully saturated rings. The molecule has 4 nitrogen and oxygen atoms in total. The topological polar surface area (TPSA) is 50.4 Å². The molecular formula is C66H79BF24Fe2N2O2Pd+4. The van der Waals surface area contributed by atoms with E-state index in [2.05, 4.69) is 91.5 Å². The Labute approximate surface area is 590 Å². The molecule has 2 atom stereocenters. The number of methoxy groups -OCH3 is 1. The molecule has 4 aliphatic rings. The molecular weight excluding hydrogens is 1540 g/mol. The van der Waals surface area contributed by atoms with Crippen molar-refractivity contribution >= 4 is 34.0 Å². The summed E-state index contributed by atoms with van der Waals surface area (Å²) in [5.41, 5.74) is -30.2. The Morgan fingerprint density at radius 2 is 0.551 bits per heavy atom. The van der Waals surface area contributed by atoms with Crippen molar-refractivity contribution in [2.75, 3.05) is 20.2 Å². The van der Waals surface area contributed by atoms with Crippen LogP contribution in [-0.2, 0) is 114 Å². The Balaban J connectivity index is 0.000000928. The van der Waals surface area contributed by atoms with Crippen LogP contribution < -0.4 is 32.5 Å². The van der Waals surface area contributed by atoms with E-state index >= 15 is 0 Å².